The van der Waals surface area contributed by atoms with Crippen molar-refractivity contribution in [3.63, 3.8) is 0 Å². The van der Waals surface area contributed by atoms with Crippen LogP contribution in [-0.2, 0) is 6.42 Å². The van der Waals surface area contributed by atoms with E-state index in [0.717, 1.165) is 22.6 Å². The molecule has 1 atom stereocenters. The Morgan fingerprint density at radius 1 is 1.00 bits per heavy atom. The summed E-state index contributed by atoms with van der Waals surface area (Å²) >= 11 is 1.65. The van der Waals surface area contributed by atoms with Crippen LogP contribution in [0.4, 0.5) is 0 Å². The third-order valence-corrected chi connectivity index (χ3v) is 4.47. The summed E-state index contributed by atoms with van der Waals surface area (Å²) in [7, 11) is 0. The average molecular weight is 306 g/mol. The summed E-state index contributed by atoms with van der Waals surface area (Å²) in [6.07, 6.45) is 0.371. The molecule has 0 aliphatic heterocycles. The molecule has 114 valence electrons. The Bertz CT molecular complexity index is 577. The molecule has 0 aliphatic carbocycles. The lowest BCUT2D eigenvalue weighted by molar-refractivity contribution is 0.222. The molecule has 3 nitrogen and oxygen atoms in total. The normalized spacial score (nSPS) is 12.2. The summed E-state index contributed by atoms with van der Waals surface area (Å²) in [5.74, 6) is 1.40. The van der Waals surface area contributed by atoms with Gasteiger partial charge in [-0.3, -0.25) is 0 Å². The first kappa shape index (κ1) is 15.9. The molecular formula is C17H22O3S. The van der Waals surface area contributed by atoms with Gasteiger partial charge in [-0.05, 0) is 50.1 Å². The fraction of sp³-hybridized carbons (Fsp3) is 0.412. The van der Waals surface area contributed by atoms with E-state index in [0.29, 0.717) is 19.0 Å². The maximum atomic E-state index is 10.5. The number of thiophene rings is 1. The van der Waals surface area contributed by atoms with E-state index in [-0.39, 0.29) is 0 Å². The molecule has 0 spiro atoms. The number of aliphatic hydroxyl groups is 1. The van der Waals surface area contributed by atoms with Crippen LogP contribution in [0.15, 0.2) is 30.3 Å². The van der Waals surface area contributed by atoms with E-state index in [9.17, 15) is 5.11 Å². The van der Waals surface area contributed by atoms with Crippen LogP contribution in [0.5, 0.6) is 11.5 Å². The van der Waals surface area contributed by atoms with Crippen molar-refractivity contribution in [2.45, 2.75) is 33.3 Å². The lowest BCUT2D eigenvalue weighted by Crippen LogP contribution is -2.02. The second kappa shape index (κ2) is 7.48. The van der Waals surface area contributed by atoms with Crippen LogP contribution in [0, 0.1) is 0 Å². The van der Waals surface area contributed by atoms with Gasteiger partial charge in [-0.1, -0.05) is 13.0 Å². The van der Waals surface area contributed by atoms with E-state index in [1.165, 1.54) is 4.88 Å². The van der Waals surface area contributed by atoms with Crippen LogP contribution in [0.3, 0.4) is 0 Å². The molecule has 1 unspecified atom stereocenters. The molecule has 2 rings (SSSR count). The summed E-state index contributed by atoms with van der Waals surface area (Å²) in [4.78, 5) is 2.23. The first-order valence-corrected chi connectivity index (χ1v) is 8.17. The molecule has 2 aromatic rings. The van der Waals surface area contributed by atoms with E-state index >= 15 is 0 Å². The number of hydrogen-bond donors (Lipinski definition) is 1. The van der Waals surface area contributed by atoms with Crippen molar-refractivity contribution in [3.8, 4) is 11.5 Å². The molecule has 0 saturated heterocycles. The zero-order valence-electron chi connectivity index (χ0n) is 12.8. The van der Waals surface area contributed by atoms with Crippen LogP contribution < -0.4 is 9.47 Å². The molecule has 0 aliphatic rings. The van der Waals surface area contributed by atoms with Crippen molar-refractivity contribution >= 4 is 11.3 Å². The predicted octanol–water partition coefficient (Wildman–Crippen LogP) is 4.19. The van der Waals surface area contributed by atoms with Crippen molar-refractivity contribution in [3.05, 3.63) is 45.6 Å². The third kappa shape index (κ3) is 3.77. The van der Waals surface area contributed by atoms with Gasteiger partial charge in [-0.2, -0.15) is 0 Å². The van der Waals surface area contributed by atoms with Crippen LogP contribution in [-0.4, -0.2) is 18.3 Å². The van der Waals surface area contributed by atoms with Crippen LogP contribution in [0.25, 0.3) is 0 Å². The van der Waals surface area contributed by atoms with E-state index in [2.05, 4.69) is 13.0 Å². The second-order valence-electron chi connectivity index (χ2n) is 4.63. The van der Waals surface area contributed by atoms with Gasteiger partial charge in [-0.15, -0.1) is 11.3 Å². The highest BCUT2D eigenvalue weighted by Gasteiger charge is 2.15. The van der Waals surface area contributed by atoms with E-state index in [4.69, 9.17) is 9.47 Å². The molecule has 1 heterocycles. The third-order valence-electron chi connectivity index (χ3n) is 3.18. The van der Waals surface area contributed by atoms with E-state index in [1.807, 2.05) is 38.1 Å². The minimum absolute atomic E-state index is 0.568. The number of ether oxygens (including phenoxy) is 2. The van der Waals surface area contributed by atoms with Crippen molar-refractivity contribution in [1.29, 1.82) is 0 Å². The van der Waals surface area contributed by atoms with Crippen molar-refractivity contribution in [2.75, 3.05) is 13.2 Å². The lowest BCUT2D eigenvalue weighted by atomic mass is 10.1. The van der Waals surface area contributed by atoms with Gasteiger partial charge in [-0.25, -0.2) is 0 Å². The van der Waals surface area contributed by atoms with Gasteiger partial charge >= 0.3 is 0 Å². The molecule has 1 N–H and O–H groups in total. The van der Waals surface area contributed by atoms with Gasteiger partial charge in [0.15, 0.2) is 11.5 Å². The minimum Gasteiger partial charge on any atom is -0.490 e. The van der Waals surface area contributed by atoms with Crippen molar-refractivity contribution in [1.82, 2.24) is 0 Å². The van der Waals surface area contributed by atoms with Gasteiger partial charge in [0, 0.05) is 9.75 Å². The molecule has 0 saturated carbocycles. The Labute approximate surface area is 130 Å². The Morgan fingerprint density at radius 2 is 1.71 bits per heavy atom. The largest absolute Gasteiger partial charge is 0.490 e. The predicted molar refractivity (Wildman–Crippen MR) is 86.5 cm³/mol. The Hall–Kier alpha value is -1.52. The summed E-state index contributed by atoms with van der Waals surface area (Å²) in [6.45, 7) is 7.15. The van der Waals surface area contributed by atoms with Gasteiger partial charge in [0.2, 0.25) is 0 Å². The topological polar surface area (TPSA) is 38.7 Å². The number of rotatable bonds is 7. The smallest absolute Gasteiger partial charge is 0.161 e. The Balaban J connectivity index is 2.27. The molecule has 0 radical (unpaired) electrons. The zero-order chi connectivity index (χ0) is 15.2. The lowest BCUT2D eigenvalue weighted by Gasteiger charge is -2.15. The molecule has 0 amide bonds. The maximum absolute atomic E-state index is 10.5. The number of benzene rings is 1. The fourth-order valence-corrected chi connectivity index (χ4v) is 3.10. The highest BCUT2D eigenvalue weighted by molar-refractivity contribution is 7.12. The summed E-state index contributed by atoms with van der Waals surface area (Å²) in [5.41, 5.74) is 0.825. The maximum Gasteiger partial charge on any atom is 0.161 e. The van der Waals surface area contributed by atoms with Gasteiger partial charge in [0.25, 0.3) is 0 Å². The molecule has 21 heavy (non-hydrogen) atoms. The van der Waals surface area contributed by atoms with E-state index in [1.54, 1.807) is 11.3 Å². The second-order valence-corrected chi connectivity index (χ2v) is 5.83. The molecule has 0 fully saturated rings. The van der Waals surface area contributed by atoms with Crippen LogP contribution >= 0.6 is 11.3 Å². The zero-order valence-corrected chi connectivity index (χ0v) is 13.6. The summed E-state index contributed by atoms with van der Waals surface area (Å²) < 4.78 is 11.2. The van der Waals surface area contributed by atoms with Gasteiger partial charge in [0.1, 0.15) is 6.10 Å². The molecule has 4 heteroatoms. The van der Waals surface area contributed by atoms with Gasteiger partial charge < -0.3 is 14.6 Å². The number of aliphatic hydroxyl groups excluding tert-OH is 1. The molecular weight excluding hydrogens is 284 g/mol. The van der Waals surface area contributed by atoms with Gasteiger partial charge in [0.05, 0.1) is 13.2 Å². The fourth-order valence-electron chi connectivity index (χ4n) is 2.13. The summed E-state index contributed by atoms with van der Waals surface area (Å²) in [6, 6.07) is 9.68. The highest BCUT2D eigenvalue weighted by atomic mass is 32.1. The molecule has 1 aromatic heterocycles. The molecule has 0 bridgehead atoms. The number of aryl methyl sites for hydroxylation is 1. The molecule has 1 aromatic carbocycles. The van der Waals surface area contributed by atoms with Crippen LogP contribution in [0.1, 0.15) is 42.2 Å². The van der Waals surface area contributed by atoms with Crippen LogP contribution in [0.2, 0.25) is 0 Å². The average Bonchev–Trinajstić information content (AvgIpc) is 2.98. The highest BCUT2D eigenvalue weighted by Crippen LogP contribution is 2.34. The minimum atomic E-state index is -0.620. The Kier molecular flexibility index (Phi) is 5.65. The first-order chi connectivity index (χ1) is 10.2. The monoisotopic (exact) mass is 306 g/mol. The van der Waals surface area contributed by atoms with E-state index < -0.39 is 6.10 Å². The van der Waals surface area contributed by atoms with Crippen molar-refractivity contribution in [2.24, 2.45) is 0 Å². The number of hydrogen-bond acceptors (Lipinski definition) is 4. The summed E-state index contributed by atoms with van der Waals surface area (Å²) in [5, 5.41) is 10.5. The quantitative estimate of drug-likeness (QED) is 0.833. The Morgan fingerprint density at radius 3 is 2.33 bits per heavy atom. The SMILES string of the molecule is CCOc1ccc(C(O)c2ccc(CC)s2)cc1OCC. The first-order valence-electron chi connectivity index (χ1n) is 7.35. The standard InChI is InChI=1S/C17H22O3S/c1-4-13-8-10-16(21-13)17(18)12-7-9-14(19-5-2)15(11-12)20-6-3/h7-11,17-18H,4-6H2,1-3H3. The van der Waals surface area contributed by atoms with Crippen molar-refractivity contribution < 1.29 is 14.6 Å².